The Morgan fingerprint density at radius 1 is 1.15 bits per heavy atom. The molecule has 26 heavy (non-hydrogen) atoms. The van der Waals surface area contributed by atoms with Gasteiger partial charge in [-0.05, 0) is 68.1 Å². The molecule has 2 atom stereocenters. The predicted molar refractivity (Wildman–Crippen MR) is 109 cm³/mol. The highest BCUT2D eigenvalue weighted by Gasteiger charge is 2.41. The fourth-order valence-electron chi connectivity index (χ4n) is 4.53. The second kappa shape index (κ2) is 7.80. The van der Waals surface area contributed by atoms with Crippen LogP contribution in [-0.2, 0) is 13.0 Å². The third kappa shape index (κ3) is 3.79. The first-order valence-corrected chi connectivity index (χ1v) is 10.1. The third-order valence-electron chi connectivity index (χ3n) is 5.78. The predicted octanol–water partition coefficient (Wildman–Crippen LogP) is 4.32. The van der Waals surface area contributed by atoms with Gasteiger partial charge >= 0.3 is 0 Å². The van der Waals surface area contributed by atoms with Crippen LogP contribution < -0.4 is 10.6 Å². The minimum absolute atomic E-state index is 0.453. The number of rotatable bonds is 5. The molecule has 2 aliphatic heterocycles. The topological polar surface area (TPSA) is 40.4 Å². The lowest BCUT2D eigenvalue weighted by molar-refractivity contribution is 0.106. The Labute approximate surface area is 161 Å². The van der Waals surface area contributed by atoms with Crippen molar-refractivity contribution in [1.29, 1.82) is 0 Å². The van der Waals surface area contributed by atoms with Crippen molar-refractivity contribution in [2.75, 3.05) is 5.32 Å². The van der Waals surface area contributed by atoms with Crippen molar-refractivity contribution in [1.82, 2.24) is 10.2 Å². The first-order chi connectivity index (χ1) is 12.7. The Kier molecular flexibility index (Phi) is 5.27. The van der Waals surface area contributed by atoms with E-state index in [1.165, 1.54) is 18.4 Å². The van der Waals surface area contributed by atoms with Gasteiger partial charge in [0.05, 0.1) is 12.8 Å². The van der Waals surface area contributed by atoms with E-state index in [1.807, 2.05) is 6.07 Å². The Hall–Kier alpha value is -1.85. The van der Waals surface area contributed by atoms with E-state index in [0.29, 0.717) is 18.1 Å². The summed E-state index contributed by atoms with van der Waals surface area (Å²) in [6.07, 6.45) is 7.62. The van der Waals surface area contributed by atoms with Crippen molar-refractivity contribution in [3.8, 4) is 0 Å². The summed E-state index contributed by atoms with van der Waals surface area (Å²) < 4.78 is 5.55. The Balaban J connectivity index is 1.33. The summed E-state index contributed by atoms with van der Waals surface area (Å²) in [6, 6.07) is 14.1. The summed E-state index contributed by atoms with van der Waals surface area (Å²) in [5.41, 5.74) is 2.41. The van der Waals surface area contributed by atoms with Crippen LogP contribution >= 0.6 is 12.2 Å². The van der Waals surface area contributed by atoms with Crippen molar-refractivity contribution < 1.29 is 4.42 Å². The number of anilines is 1. The molecule has 0 amide bonds. The minimum Gasteiger partial charge on any atom is -0.468 e. The van der Waals surface area contributed by atoms with Gasteiger partial charge in [0.25, 0.3) is 0 Å². The van der Waals surface area contributed by atoms with Crippen LogP contribution in [0.4, 0.5) is 5.69 Å². The molecule has 0 unspecified atom stereocenters. The van der Waals surface area contributed by atoms with Gasteiger partial charge in [-0.15, -0.1) is 0 Å². The van der Waals surface area contributed by atoms with Crippen molar-refractivity contribution in [3.05, 3.63) is 54.0 Å². The maximum atomic E-state index is 5.59. The lowest BCUT2D eigenvalue weighted by Gasteiger charge is -2.39. The lowest BCUT2D eigenvalue weighted by atomic mass is 9.97. The Bertz CT molecular complexity index is 731. The van der Waals surface area contributed by atoms with Gasteiger partial charge < -0.3 is 15.1 Å². The average Bonchev–Trinajstić information content (AvgIpc) is 3.22. The maximum absolute atomic E-state index is 5.59. The molecule has 1 aromatic heterocycles. The van der Waals surface area contributed by atoms with E-state index in [4.69, 9.17) is 16.6 Å². The molecule has 4 rings (SSSR count). The van der Waals surface area contributed by atoms with E-state index in [2.05, 4.69) is 52.8 Å². The monoisotopic (exact) mass is 369 g/mol. The molecule has 3 heterocycles. The van der Waals surface area contributed by atoms with E-state index in [9.17, 15) is 0 Å². The Morgan fingerprint density at radius 2 is 1.92 bits per heavy atom. The quantitative estimate of drug-likeness (QED) is 0.768. The number of benzene rings is 1. The molecule has 1 aromatic carbocycles. The van der Waals surface area contributed by atoms with Crippen molar-refractivity contribution >= 4 is 23.0 Å². The molecule has 0 aliphatic carbocycles. The molecule has 2 N–H and O–H groups in total. The van der Waals surface area contributed by atoms with E-state index in [0.717, 1.165) is 42.4 Å². The van der Waals surface area contributed by atoms with Crippen LogP contribution in [0.15, 0.2) is 47.1 Å². The summed E-state index contributed by atoms with van der Waals surface area (Å²) in [5.74, 6) is 1.07. The summed E-state index contributed by atoms with van der Waals surface area (Å²) in [5, 5.41) is 7.71. The molecular formula is C21H27N3OS. The summed E-state index contributed by atoms with van der Waals surface area (Å²) in [4.78, 5) is 2.62. The van der Waals surface area contributed by atoms with Gasteiger partial charge in [0, 0.05) is 23.8 Å². The van der Waals surface area contributed by atoms with Gasteiger partial charge in [-0.25, -0.2) is 0 Å². The molecule has 2 fully saturated rings. The van der Waals surface area contributed by atoms with Crippen LogP contribution in [0.25, 0.3) is 0 Å². The summed E-state index contributed by atoms with van der Waals surface area (Å²) in [7, 11) is 0. The molecule has 2 bridgehead atoms. The molecular weight excluding hydrogens is 342 g/mol. The number of thiocarbonyl (C=S) groups is 1. The molecule has 5 heteroatoms. The number of nitrogens with one attached hydrogen (secondary N) is 2. The molecule has 2 aromatic rings. The molecule has 138 valence electrons. The molecule has 0 radical (unpaired) electrons. The average molecular weight is 370 g/mol. The zero-order chi connectivity index (χ0) is 17.9. The van der Waals surface area contributed by atoms with Gasteiger partial charge in [-0.2, -0.15) is 0 Å². The normalized spacial score (nSPS) is 25.2. The van der Waals surface area contributed by atoms with E-state index in [-0.39, 0.29) is 0 Å². The largest absolute Gasteiger partial charge is 0.468 e. The lowest BCUT2D eigenvalue weighted by Crippen LogP contribution is -2.50. The van der Waals surface area contributed by atoms with Crippen LogP contribution in [0.3, 0.4) is 0 Å². The minimum atomic E-state index is 0.453. The fourth-order valence-corrected chi connectivity index (χ4v) is 4.80. The standard InChI is InChI=1S/C21H27N3OS/c1-2-15-6-3-4-8-20(15)23-21(26)22-16-12-17-9-10-18(13-16)24(17)14-19-7-5-11-25-19/h3-8,11,16-18H,2,9-10,12-14H2,1H3,(H2,22,23,26)/t17-,18-/m1/s1. The second-order valence-corrected chi connectivity index (χ2v) is 7.82. The van der Waals surface area contributed by atoms with Gasteiger partial charge in [-0.1, -0.05) is 25.1 Å². The zero-order valence-corrected chi connectivity index (χ0v) is 16.1. The number of furan rings is 1. The number of piperidine rings is 1. The molecule has 0 saturated carbocycles. The molecule has 4 nitrogen and oxygen atoms in total. The Morgan fingerprint density at radius 3 is 2.62 bits per heavy atom. The third-order valence-corrected chi connectivity index (χ3v) is 6.00. The van der Waals surface area contributed by atoms with Crippen molar-refractivity contribution in [3.63, 3.8) is 0 Å². The van der Waals surface area contributed by atoms with Crippen LogP contribution in [-0.4, -0.2) is 28.1 Å². The van der Waals surface area contributed by atoms with E-state index < -0.39 is 0 Å². The first-order valence-electron chi connectivity index (χ1n) is 9.66. The number of hydrogen-bond acceptors (Lipinski definition) is 3. The molecule has 2 aliphatic rings. The summed E-state index contributed by atoms with van der Waals surface area (Å²) in [6.45, 7) is 3.10. The van der Waals surface area contributed by atoms with Crippen LogP contribution in [0, 0.1) is 0 Å². The van der Waals surface area contributed by atoms with Crippen LogP contribution in [0.2, 0.25) is 0 Å². The summed E-state index contributed by atoms with van der Waals surface area (Å²) >= 11 is 5.59. The zero-order valence-electron chi connectivity index (χ0n) is 15.3. The smallest absolute Gasteiger partial charge is 0.171 e. The first kappa shape index (κ1) is 17.6. The van der Waals surface area contributed by atoms with Crippen LogP contribution in [0.1, 0.15) is 43.9 Å². The van der Waals surface area contributed by atoms with Gasteiger partial charge in [-0.3, -0.25) is 4.90 Å². The highest BCUT2D eigenvalue weighted by Crippen LogP contribution is 2.37. The van der Waals surface area contributed by atoms with Crippen molar-refractivity contribution in [2.24, 2.45) is 0 Å². The molecule has 0 spiro atoms. The SMILES string of the molecule is CCc1ccccc1NC(=S)NC1C[C@H]2CC[C@H](C1)N2Cc1ccco1. The number of hydrogen-bond donors (Lipinski definition) is 2. The van der Waals surface area contributed by atoms with Gasteiger partial charge in [0.2, 0.25) is 0 Å². The number of para-hydroxylation sites is 1. The second-order valence-electron chi connectivity index (χ2n) is 7.41. The van der Waals surface area contributed by atoms with E-state index >= 15 is 0 Å². The number of aryl methyl sites for hydroxylation is 1. The van der Waals surface area contributed by atoms with Crippen LogP contribution in [0.5, 0.6) is 0 Å². The fraction of sp³-hybridized carbons (Fsp3) is 0.476. The van der Waals surface area contributed by atoms with Gasteiger partial charge in [0.1, 0.15) is 5.76 Å². The number of fused-ring (bicyclic) bond motifs is 2. The van der Waals surface area contributed by atoms with Crippen molar-refractivity contribution in [2.45, 2.75) is 63.7 Å². The maximum Gasteiger partial charge on any atom is 0.171 e. The molecule has 2 saturated heterocycles. The highest BCUT2D eigenvalue weighted by atomic mass is 32.1. The number of nitrogens with zero attached hydrogens (tertiary/aromatic N) is 1. The highest BCUT2D eigenvalue weighted by molar-refractivity contribution is 7.80. The van der Waals surface area contributed by atoms with Gasteiger partial charge in [0.15, 0.2) is 5.11 Å². The van der Waals surface area contributed by atoms with E-state index in [1.54, 1.807) is 6.26 Å².